The van der Waals surface area contributed by atoms with Gasteiger partial charge in [-0.1, -0.05) is 26.3 Å². The van der Waals surface area contributed by atoms with Crippen molar-refractivity contribution in [2.75, 3.05) is 14.2 Å². The van der Waals surface area contributed by atoms with Crippen LogP contribution in [0, 0.1) is 23.6 Å². The zero-order valence-electron chi connectivity index (χ0n) is 12.9. The maximum absolute atomic E-state index is 13.5. The molecule has 0 spiro atoms. The molecule has 1 aromatic rings. The van der Waals surface area contributed by atoms with E-state index < -0.39 is 0 Å². The summed E-state index contributed by atoms with van der Waals surface area (Å²) in [6.07, 6.45) is 3.74. The van der Waals surface area contributed by atoms with Crippen LogP contribution >= 0.6 is 0 Å². The Hall–Kier alpha value is -1.09. The summed E-state index contributed by atoms with van der Waals surface area (Å²) in [7, 11) is 3.50. The number of benzene rings is 1. The molecule has 0 radical (unpaired) electrons. The quantitative estimate of drug-likeness (QED) is 0.893. The fourth-order valence-corrected chi connectivity index (χ4v) is 3.44. The van der Waals surface area contributed by atoms with Crippen molar-refractivity contribution in [3.63, 3.8) is 0 Å². The summed E-state index contributed by atoms with van der Waals surface area (Å²) in [5, 5.41) is 3.42. The van der Waals surface area contributed by atoms with Crippen molar-refractivity contribution < 1.29 is 9.13 Å². The first-order valence-corrected chi connectivity index (χ1v) is 7.57. The molecule has 0 aliphatic heterocycles. The lowest BCUT2D eigenvalue weighted by Gasteiger charge is -2.37. The van der Waals surface area contributed by atoms with Crippen LogP contribution < -0.4 is 10.1 Å². The smallest absolute Gasteiger partial charge is 0.165 e. The van der Waals surface area contributed by atoms with E-state index in [9.17, 15) is 4.39 Å². The second kappa shape index (κ2) is 6.57. The molecule has 1 saturated carbocycles. The average Bonchev–Trinajstić information content (AvgIpc) is 2.45. The minimum atomic E-state index is -0.295. The molecule has 0 aromatic heterocycles. The summed E-state index contributed by atoms with van der Waals surface area (Å²) in [4.78, 5) is 0. The van der Waals surface area contributed by atoms with Gasteiger partial charge in [0, 0.05) is 6.04 Å². The lowest BCUT2D eigenvalue weighted by Crippen LogP contribution is -2.31. The Balaban J connectivity index is 2.19. The zero-order chi connectivity index (χ0) is 14.7. The Morgan fingerprint density at radius 2 is 2.00 bits per heavy atom. The van der Waals surface area contributed by atoms with Crippen LogP contribution in [0.25, 0.3) is 0 Å². The van der Waals surface area contributed by atoms with Crippen LogP contribution in [0.3, 0.4) is 0 Å². The van der Waals surface area contributed by atoms with Gasteiger partial charge in [0.25, 0.3) is 0 Å². The van der Waals surface area contributed by atoms with Crippen LogP contribution in [0.5, 0.6) is 5.75 Å². The monoisotopic (exact) mass is 279 g/mol. The van der Waals surface area contributed by atoms with Crippen LogP contribution in [-0.4, -0.2) is 14.2 Å². The molecule has 112 valence electrons. The van der Waals surface area contributed by atoms with Gasteiger partial charge in [-0.2, -0.15) is 0 Å². The Morgan fingerprint density at radius 3 is 2.60 bits per heavy atom. The largest absolute Gasteiger partial charge is 0.494 e. The zero-order valence-corrected chi connectivity index (χ0v) is 12.9. The van der Waals surface area contributed by atoms with E-state index in [-0.39, 0.29) is 11.9 Å². The molecule has 0 heterocycles. The number of nitrogens with one attached hydrogen (secondary N) is 1. The Labute approximate surface area is 121 Å². The first-order chi connectivity index (χ1) is 9.56. The number of hydrogen-bond acceptors (Lipinski definition) is 2. The number of rotatable bonds is 4. The van der Waals surface area contributed by atoms with E-state index in [4.69, 9.17) is 4.74 Å². The second-order valence-electron chi connectivity index (χ2n) is 6.19. The maximum Gasteiger partial charge on any atom is 0.165 e. The van der Waals surface area contributed by atoms with E-state index in [1.54, 1.807) is 0 Å². The second-order valence-corrected chi connectivity index (χ2v) is 6.19. The van der Waals surface area contributed by atoms with Crippen LogP contribution in [0.4, 0.5) is 4.39 Å². The molecule has 0 amide bonds. The molecule has 1 fully saturated rings. The summed E-state index contributed by atoms with van der Waals surface area (Å²) in [5.74, 6) is 2.22. The normalized spacial score (nSPS) is 28.1. The van der Waals surface area contributed by atoms with Gasteiger partial charge in [-0.15, -0.1) is 0 Å². The highest BCUT2D eigenvalue weighted by Crippen LogP contribution is 2.40. The molecule has 1 aromatic carbocycles. The molecule has 4 atom stereocenters. The first kappa shape index (κ1) is 15.3. The number of methoxy groups -OCH3 is 1. The molecule has 1 aliphatic carbocycles. The maximum atomic E-state index is 13.5. The number of ether oxygens (including phenoxy) is 1. The minimum Gasteiger partial charge on any atom is -0.494 e. The SMILES string of the molecule is CNC(c1ccc(F)c(OC)c1)C1CCC(C)C(C)C1. The fraction of sp³-hybridized carbons (Fsp3) is 0.647. The number of halogens is 1. The molecule has 3 heteroatoms. The molecule has 20 heavy (non-hydrogen) atoms. The van der Waals surface area contributed by atoms with Gasteiger partial charge in [0.05, 0.1) is 7.11 Å². The van der Waals surface area contributed by atoms with Gasteiger partial charge in [-0.25, -0.2) is 4.39 Å². The summed E-state index contributed by atoms with van der Waals surface area (Å²) < 4.78 is 18.7. The van der Waals surface area contributed by atoms with Gasteiger partial charge in [0.15, 0.2) is 11.6 Å². The molecule has 0 saturated heterocycles. The third-order valence-electron chi connectivity index (χ3n) is 4.96. The van der Waals surface area contributed by atoms with Gasteiger partial charge in [0.2, 0.25) is 0 Å². The van der Waals surface area contributed by atoms with Crippen molar-refractivity contribution in [3.05, 3.63) is 29.6 Å². The van der Waals surface area contributed by atoms with E-state index >= 15 is 0 Å². The molecular weight excluding hydrogens is 253 g/mol. The lowest BCUT2D eigenvalue weighted by atomic mass is 9.72. The van der Waals surface area contributed by atoms with Gasteiger partial charge >= 0.3 is 0 Å². The highest BCUT2D eigenvalue weighted by Gasteiger charge is 2.30. The molecule has 2 rings (SSSR count). The topological polar surface area (TPSA) is 21.3 Å². The van der Waals surface area contributed by atoms with Crippen molar-refractivity contribution >= 4 is 0 Å². The Kier molecular flexibility index (Phi) is 5.03. The summed E-state index contributed by atoms with van der Waals surface area (Å²) >= 11 is 0. The predicted molar refractivity (Wildman–Crippen MR) is 80.4 cm³/mol. The van der Waals surface area contributed by atoms with Crippen molar-refractivity contribution in [3.8, 4) is 5.75 Å². The molecule has 1 aliphatic rings. The van der Waals surface area contributed by atoms with Crippen LogP contribution in [0.1, 0.15) is 44.7 Å². The highest BCUT2D eigenvalue weighted by atomic mass is 19.1. The third kappa shape index (κ3) is 3.14. The average molecular weight is 279 g/mol. The minimum absolute atomic E-state index is 0.277. The molecule has 2 nitrogen and oxygen atoms in total. The van der Waals surface area contributed by atoms with Crippen LogP contribution in [-0.2, 0) is 0 Å². The highest BCUT2D eigenvalue weighted by molar-refractivity contribution is 5.32. The van der Waals surface area contributed by atoms with E-state index in [1.807, 2.05) is 19.2 Å². The van der Waals surface area contributed by atoms with E-state index in [1.165, 1.54) is 32.4 Å². The number of hydrogen-bond donors (Lipinski definition) is 1. The van der Waals surface area contributed by atoms with Gasteiger partial charge in [-0.05, 0) is 55.3 Å². The van der Waals surface area contributed by atoms with Crippen LogP contribution in [0.2, 0.25) is 0 Å². The van der Waals surface area contributed by atoms with Gasteiger partial charge in [0.1, 0.15) is 0 Å². The third-order valence-corrected chi connectivity index (χ3v) is 4.96. The first-order valence-electron chi connectivity index (χ1n) is 7.57. The van der Waals surface area contributed by atoms with E-state index in [0.29, 0.717) is 11.7 Å². The summed E-state index contributed by atoms with van der Waals surface area (Å²) in [5.41, 5.74) is 1.12. The standard InChI is InChI=1S/C17H26FNO/c1-11-5-6-13(9-12(11)2)17(19-3)14-7-8-15(18)16(10-14)20-4/h7-8,10-13,17,19H,5-6,9H2,1-4H3. The lowest BCUT2D eigenvalue weighted by molar-refractivity contribution is 0.174. The van der Waals surface area contributed by atoms with Gasteiger partial charge in [-0.3, -0.25) is 0 Å². The predicted octanol–water partition coefficient (Wildman–Crippen LogP) is 4.17. The summed E-state index contributed by atoms with van der Waals surface area (Å²) in [6.45, 7) is 4.69. The van der Waals surface area contributed by atoms with Crippen molar-refractivity contribution in [2.45, 2.75) is 39.2 Å². The van der Waals surface area contributed by atoms with E-state index in [0.717, 1.165) is 17.4 Å². The van der Waals surface area contributed by atoms with Crippen molar-refractivity contribution in [1.82, 2.24) is 5.32 Å². The molecular formula is C17H26FNO. The van der Waals surface area contributed by atoms with Crippen molar-refractivity contribution in [1.29, 1.82) is 0 Å². The molecule has 4 unspecified atom stereocenters. The Morgan fingerprint density at radius 1 is 1.25 bits per heavy atom. The van der Waals surface area contributed by atoms with E-state index in [2.05, 4.69) is 19.2 Å². The fourth-order valence-electron chi connectivity index (χ4n) is 3.44. The summed E-state index contributed by atoms with van der Waals surface area (Å²) in [6, 6.07) is 5.49. The van der Waals surface area contributed by atoms with Gasteiger partial charge < -0.3 is 10.1 Å². The van der Waals surface area contributed by atoms with Crippen molar-refractivity contribution in [2.24, 2.45) is 17.8 Å². The Bertz CT molecular complexity index is 449. The van der Waals surface area contributed by atoms with Crippen LogP contribution in [0.15, 0.2) is 18.2 Å². The molecule has 1 N–H and O–H groups in total. The molecule has 0 bridgehead atoms.